The minimum atomic E-state index is -0.920. The SMILES string of the molecule is CCC1CCN(C(=O)C2CCC(=O)NC2)C(C(=O)O)C1. The van der Waals surface area contributed by atoms with Gasteiger partial charge in [-0.15, -0.1) is 0 Å². The molecule has 2 saturated heterocycles. The first-order valence-corrected chi connectivity index (χ1v) is 7.33. The maximum Gasteiger partial charge on any atom is 0.326 e. The van der Waals surface area contributed by atoms with E-state index < -0.39 is 12.0 Å². The number of hydrogen-bond acceptors (Lipinski definition) is 3. The zero-order chi connectivity index (χ0) is 14.7. The average molecular weight is 282 g/mol. The van der Waals surface area contributed by atoms with E-state index in [1.165, 1.54) is 4.90 Å². The van der Waals surface area contributed by atoms with Crippen LogP contribution in [-0.2, 0) is 14.4 Å². The van der Waals surface area contributed by atoms with Crippen molar-refractivity contribution < 1.29 is 19.5 Å². The lowest BCUT2D eigenvalue weighted by atomic mass is 9.87. The molecular formula is C14H22N2O4. The van der Waals surface area contributed by atoms with Gasteiger partial charge in [0.25, 0.3) is 0 Å². The molecule has 0 aromatic carbocycles. The van der Waals surface area contributed by atoms with Crippen LogP contribution in [0.1, 0.15) is 39.0 Å². The van der Waals surface area contributed by atoms with E-state index in [1.807, 2.05) is 0 Å². The number of nitrogens with zero attached hydrogens (tertiary/aromatic N) is 1. The Kier molecular flexibility index (Phi) is 4.62. The van der Waals surface area contributed by atoms with E-state index in [2.05, 4.69) is 12.2 Å². The lowest BCUT2D eigenvalue weighted by Crippen LogP contribution is -2.54. The highest BCUT2D eigenvalue weighted by atomic mass is 16.4. The maximum atomic E-state index is 12.5. The Morgan fingerprint density at radius 3 is 2.70 bits per heavy atom. The molecule has 2 rings (SSSR count). The Bertz CT molecular complexity index is 400. The average Bonchev–Trinajstić information content (AvgIpc) is 2.46. The predicted molar refractivity (Wildman–Crippen MR) is 71.9 cm³/mol. The number of piperidine rings is 2. The van der Waals surface area contributed by atoms with Crippen LogP contribution in [0, 0.1) is 11.8 Å². The monoisotopic (exact) mass is 282 g/mol. The molecule has 112 valence electrons. The zero-order valence-corrected chi connectivity index (χ0v) is 11.8. The largest absolute Gasteiger partial charge is 0.480 e. The van der Waals surface area contributed by atoms with Gasteiger partial charge < -0.3 is 15.3 Å². The molecule has 2 N–H and O–H groups in total. The van der Waals surface area contributed by atoms with Gasteiger partial charge in [-0.05, 0) is 25.2 Å². The lowest BCUT2D eigenvalue weighted by Gasteiger charge is -2.39. The van der Waals surface area contributed by atoms with Crippen molar-refractivity contribution in [2.24, 2.45) is 11.8 Å². The molecule has 3 atom stereocenters. The Hall–Kier alpha value is -1.59. The number of nitrogens with one attached hydrogen (secondary N) is 1. The van der Waals surface area contributed by atoms with Crippen molar-refractivity contribution in [2.75, 3.05) is 13.1 Å². The molecule has 2 heterocycles. The first-order chi connectivity index (χ1) is 9.52. The number of rotatable bonds is 3. The quantitative estimate of drug-likeness (QED) is 0.794. The Labute approximate surface area is 118 Å². The van der Waals surface area contributed by atoms with Crippen LogP contribution in [0.25, 0.3) is 0 Å². The van der Waals surface area contributed by atoms with Gasteiger partial charge in [0.2, 0.25) is 11.8 Å². The van der Waals surface area contributed by atoms with Gasteiger partial charge in [-0.25, -0.2) is 4.79 Å². The van der Waals surface area contributed by atoms with Gasteiger partial charge in [0.05, 0.1) is 5.92 Å². The minimum absolute atomic E-state index is 0.0338. The fourth-order valence-electron chi connectivity index (χ4n) is 3.09. The summed E-state index contributed by atoms with van der Waals surface area (Å²) in [4.78, 5) is 36.5. The van der Waals surface area contributed by atoms with Gasteiger partial charge in [-0.1, -0.05) is 13.3 Å². The van der Waals surface area contributed by atoms with E-state index in [0.717, 1.165) is 12.8 Å². The normalized spacial score (nSPS) is 30.8. The van der Waals surface area contributed by atoms with E-state index in [4.69, 9.17) is 0 Å². The van der Waals surface area contributed by atoms with Crippen LogP contribution in [0.2, 0.25) is 0 Å². The summed E-state index contributed by atoms with van der Waals surface area (Å²) in [5.41, 5.74) is 0. The van der Waals surface area contributed by atoms with Gasteiger partial charge in [-0.2, -0.15) is 0 Å². The highest BCUT2D eigenvalue weighted by Gasteiger charge is 2.38. The fourth-order valence-corrected chi connectivity index (χ4v) is 3.09. The number of carboxylic acid groups (broad SMARTS) is 1. The van der Waals surface area contributed by atoms with Crippen LogP contribution in [-0.4, -0.2) is 46.9 Å². The van der Waals surface area contributed by atoms with Crippen molar-refractivity contribution in [1.82, 2.24) is 10.2 Å². The molecule has 2 fully saturated rings. The van der Waals surface area contributed by atoms with Gasteiger partial charge >= 0.3 is 5.97 Å². The van der Waals surface area contributed by atoms with Crippen molar-refractivity contribution in [3.05, 3.63) is 0 Å². The van der Waals surface area contributed by atoms with E-state index >= 15 is 0 Å². The number of carboxylic acids is 1. The molecule has 2 aliphatic heterocycles. The van der Waals surface area contributed by atoms with Crippen LogP contribution in [0.3, 0.4) is 0 Å². The van der Waals surface area contributed by atoms with Crippen molar-refractivity contribution in [1.29, 1.82) is 0 Å². The van der Waals surface area contributed by atoms with Crippen LogP contribution in [0.5, 0.6) is 0 Å². The van der Waals surface area contributed by atoms with E-state index in [0.29, 0.717) is 38.3 Å². The van der Waals surface area contributed by atoms with Crippen LogP contribution in [0.4, 0.5) is 0 Å². The summed E-state index contributed by atoms with van der Waals surface area (Å²) in [6.45, 7) is 2.90. The summed E-state index contributed by atoms with van der Waals surface area (Å²) < 4.78 is 0. The molecule has 6 nitrogen and oxygen atoms in total. The molecule has 0 aromatic heterocycles. The summed E-state index contributed by atoms with van der Waals surface area (Å²) >= 11 is 0. The summed E-state index contributed by atoms with van der Waals surface area (Å²) in [6.07, 6.45) is 3.22. The standard InChI is InChI=1S/C14H22N2O4/c1-2-9-5-6-16(11(7-9)14(19)20)13(18)10-3-4-12(17)15-8-10/h9-11H,2-8H2,1H3,(H,15,17)(H,19,20). The second-order valence-electron chi connectivity index (χ2n) is 5.72. The van der Waals surface area contributed by atoms with Crippen molar-refractivity contribution in [2.45, 2.75) is 45.1 Å². The molecule has 0 spiro atoms. The fraction of sp³-hybridized carbons (Fsp3) is 0.786. The maximum absolute atomic E-state index is 12.5. The molecule has 0 radical (unpaired) electrons. The first kappa shape index (κ1) is 14.8. The molecule has 2 aliphatic rings. The molecule has 6 heteroatoms. The third-order valence-electron chi connectivity index (χ3n) is 4.47. The first-order valence-electron chi connectivity index (χ1n) is 7.33. The van der Waals surface area contributed by atoms with Crippen molar-refractivity contribution >= 4 is 17.8 Å². The topological polar surface area (TPSA) is 86.7 Å². The molecule has 3 unspecified atom stereocenters. The number of likely N-dealkylation sites (tertiary alicyclic amines) is 1. The highest BCUT2D eigenvalue weighted by molar-refractivity contribution is 5.87. The lowest BCUT2D eigenvalue weighted by molar-refractivity contribution is -0.155. The van der Waals surface area contributed by atoms with Crippen molar-refractivity contribution in [3.8, 4) is 0 Å². The number of carbonyl (C=O) groups is 3. The summed E-state index contributed by atoms with van der Waals surface area (Å²) in [5, 5.41) is 12.0. The Morgan fingerprint density at radius 2 is 2.15 bits per heavy atom. The number of amides is 2. The molecule has 2 amide bonds. The molecule has 0 bridgehead atoms. The van der Waals surface area contributed by atoms with Gasteiger partial charge in [0.15, 0.2) is 0 Å². The molecule has 0 aliphatic carbocycles. The van der Waals surface area contributed by atoms with Gasteiger partial charge in [0, 0.05) is 19.5 Å². The van der Waals surface area contributed by atoms with E-state index in [1.54, 1.807) is 0 Å². The number of carbonyl (C=O) groups excluding carboxylic acids is 2. The van der Waals surface area contributed by atoms with Crippen LogP contribution >= 0.6 is 0 Å². The smallest absolute Gasteiger partial charge is 0.326 e. The Morgan fingerprint density at radius 1 is 1.40 bits per heavy atom. The minimum Gasteiger partial charge on any atom is -0.480 e. The molecular weight excluding hydrogens is 260 g/mol. The van der Waals surface area contributed by atoms with E-state index in [-0.39, 0.29) is 17.7 Å². The van der Waals surface area contributed by atoms with Crippen LogP contribution in [0.15, 0.2) is 0 Å². The van der Waals surface area contributed by atoms with Crippen LogP contribution < -0.4 is 5.32 Å². The summed E-state index contributed by atoms with van der Waals surface area (Å²) in [7, 11) is 0. The Balaban J connectivity index is 2.03. The molecule has 0 saturated carbocycles. The summed E-state index contributed by atoms with van der Waals surface area (Å²) in [6, 6.07) is -0.709. The molecule has 0 aromatic rings. The number of hydrogen-bond donors (Lipinski definition) is 2. The zero-order valence-electron chi connectivity index (χ0n) is 11.8. The third kappa shape index (κ3) is 3.11. The van der Waals surface area contributed by atoms with Crippen molar-refractivity contribution in [3.63, 3.8) is 0 Å². The second-order valence-corrected chi connectivity index (χ2v) is 5.72. The van der Waals surface area contributed by atoms with E-state index in [9.17, 15) is 19.5 Å². The predicted octanol–water partition coefficient (Wildman–Crippen LogP) is 0.614. The molecule has 20 heavy (non-hydrogen) atoms. The second kappa shape index (κ2) is 6.24. The van der Waals surface area contributed by atoms with Gasteiger partial charge in [0.1, 0.15) is 6.04 Å². The van der Waals surface area contributed by atoms with Gasteiger partial charge in [-0.3, -0.25) is 9.59 Å². The summed E-state index contributed by atoms with van der Waals surface area (Å²) in [5.74, 6) is -0.962. The number of aliphatic carboxylic acids is 1. The highest BCUT2D eigenvalue weighted by Crippen LogP contribution is 2.28. The third-order valence-corrected chi connectivity index (χ3v) is 4.47.